The Balaban J connectivity index is 2.03. The number of hydrogen-bond donors (Lipinski definition) is 0. The van der Waals surface area contributed by atoms with Gasteiger partial charge in [-0.1, -0.05) is 48.5 Å². The van der Waals surface area contributed by atoms with Gasteiger partial charge in [-0.15, -0.1) is 0 Å². The van der Waals surface area contributed by atoms with Crippen LogP contribution in [0.25, 0.3) is 10.8 Å². The van der Waals surface area contributed by atoms with Crippen LogP contribution in [-0.4, -0.2) is 13.0 Å². The first-order valence-electron chi connectivity index (χ1n) is 8.32. The van der Waals surface area contributed by atoms with Crippen LogP contribution in [0.3, 0.4) is 0 Å². The number of carbonyl (C=O) groups excluding carboxylic acids is 1. The summed E-state index contributed by atoms with van der Waals surface area (Å²) in [4.78, 5) is 14.0. The molecule has 0 N–H and O–H groups in total. The van der Waals surface area contributed by atoms with Crippen molar-refractivity contribution in [2.45, 2.75) is 18.5 Å². The van der Waals surface area contributed by atoms with Crippen molar-refractivity contribution in [3.8, 4) is 0 Å². The molecule has 3 aromatic rings. The summed E-state index contributed by atoms with van der Waals surface area (Å²) in [7, 11) is 1.67. The minimum Gasteiger partial charge on any atom is -0.315 e. The van der Waals surface area contributed by atoms with Crippen molar-refractivity contribution in [2.75, 3.05) is 11.9 Å². The van der Waals surface area contributed by atoms with E-state index in [9.17, 15) is 18.0 Å². The molecule has 0 bridgehead atoms. The summed E-state index contributed by atoms with van der Waals surface area (Å²) in [6, 6.07) is 16.9. The molecule has 132 valence electrons. The van der Waals surface area contributed by atoms with Gasteiger partial charge >= 0.3 is 6.18 Å². The van der Waals surface area contributed by atoms with Gasteiger partial charge in [-0.2, -0.15) is 13.2 Å². The van der Waals surface area contributed by atoms with Crippen LogP contribution in [0.15, 0.2) is 60.7 Å². The van der Waals surface area contributed by atoms with Gasteiger partial charge in [0, 0.05) is 25.1 Å². The third kappa shape index (κ3) is 2.55. The highest BCUT2D eigenvalue weighted by Gasteiger charge is 2.39. The predicted octanol–water partition coefficient (Wildman–Crippen LogP) is 5.36. The molecular formula is C21H16F3NO. The number of amides is 1. The van der Waals surface area contributed by atoms with E-state index in [1.54, 1.807) is 13.1 Å². The largest absolute Gasteiger partial charge is 0.416 e. The lowest BCUT2D eigenvalue weighted by molar-refractivity contribution is -0.138. The average Bonchev–Trinajstić information content (AvgIpc) is 2.63. The van der Waals surface area contributed by atoms with Crippen molar-refractivity contribution in [2.24, 2.45) is 0 Å². The molecule has 1 atom stereocenters. The summed E-state index contributed by atoms with van der Waals surface area (Å²) in [5, 5.41) is 1.83. The first kappa shape index (κ1) is 16.6. The monoisotopic (exact) mass is 355 g/mol. The second-order valence-electron chi connectivity index (χ2n) is 6.51. The van der Waals surface area contributed by atoms with Gasteiger partial charge in [0.15, 0.2) is 0 Å². The van der Waals surface area contributed by atoms with E-state index in [0.717, 1.165) is 22.4 Å². The Morgan fingerprint density at radius 3 is 2.42 bits per heavy atom. The van der Waals surface area contributed by atoms with Crippen LogP contribution in [0.5, 0.6) is 0 Å². The average molecular weight is 355 g/mol. The Morgan fingerprint density at radius 1 is 0.962 bits per heavy atom. The van der Waals surface area contributed by atoms with Gasteiger partial charge in [-0.3, -0.25) is 4.79 Å². The van der Waals surface area contributed by atoms with Crippen molar-refractivity contribution in [1.82, 2.24) is 0 Å². The molecular weight excluding hydrogens is 339 g/mol. The van der Waals surface area contributed by atoms with Crippen LogP contribution in [-0.2, 0) is 11.0 Å². The van der Waals surface area contributed by atoms with Gasteiger partial charge in [0.25, 0.3) is 0 Å². The van der Waals surface area contributed by atoms with Crippen LogP contribution in [0.2, 0.25) is 0 Å². The normalized spacial score (nSPS) is 17.5. The smallest absolute Gasteiger partial charge is 0.315 e. The van der Waals surface area contributed by atoms with Gasteiger partial charge in [-0.25, -0.2) is 0 Å². The Morgan fingerprint density at radius 2 is 1.65 bits per heavy atom. The molecule has 0 radical (unpaired) electrons. The molecule has 1 amide bonds. The number of fused-ring (bicyclic) bond motifs is 3. The maximum Gasteiger partial charge on any atom is 0.416 e. The van der Waals surface area contributed by atoms with Crippen molar-refractivity contribution in [1.29, 1.82) is 0 Å². The van der Waals surface area contributed by atoms with Gasteiger partial charge in [0.2, 0.25) is 5.91 Å². The number of rotatable bonds is 1. The molecule has 3 aromatic carbocycles. The van der Waals surface area contributed by atoms with Gasteiger partial charge in [0.05, 0.1) is 5.56 Å². The number of alkyl halides is 3. The Kier molecular flexibility index (Phi) is 3.75. The maximum atomic E-state index is 13.6. The standard InChI is InChI=1S/C21H16F3NO/c1-25-18-11-10-13-6-2-3-7-14(13)20(18)16(12-19(25)26)15-8-4-5-9-17(15)21(22,23)24/h2-11,16H,12H2,1H3. The summed E-state index contributed by atoms with van der Waals surface area (Å²) in [5.41, 5.74) is 0.920. The van der Waals surface area contributed by atoms with Crippen LogP contribution in [0.1, 0.15) is 29.0 Å². The molecule has 0 fully saturated rings. The molecule has 5 heteroatoms. The second-order valence-corrected chi connectivity index (χ2v) is 6.51. The van der Waals surface area contributed by atoms with Crippen LogP contribution in [0.4, 0.5) is 18.9 Å². The van der Waals surface area contributed by atoms with Gasteiger partial charge in [0.1, 0.15) is 0 Å². The predicted molar refractivity (Wildman–Crippen MR) is 95.3 cm³/mol. The molecule has 0 saturated carbocycles. The molecule has 0 aromatic heterocycles. The molecule has 0 spiro atoms. The topological polar surface area (TPSA) is 20.3 Å². The zero-order chi connectivity index (χ0) is 18.5. The van der Waals surface area contributed by atoms with Crippen LogP contribution >= 0.6 is 0 Å². The molecule has 0 aliphatic carbocycles. The van der Waals surface area contributed by atoms with E-state index in [-0.39, 0.29) is 17.9 Å². The summed E-state index contributed by atoms with van der Waals surface area (Å²) in [6.45, 7) is 0. The van der Waals surface area contributed by atoms with Gasteiger partial charge < -0.3 is 4.90 Å². The highest BCUT2D eigenvalue weighted by Crippen LogP contribution is 2.46. The molecule has 1 unspecified atom stereocenters. The molecule has 26 heavy (non-hydrogen) atoms. The van der Waals surface area contributed by atoms with Crippen molar-refractivity contribution in [3.05, 3.63) is 77.4 Å². The lowest BCUT2D eigenvalue weighted by Crippen LogP contribution is -2.34. The third-order valence-corrected chi connectivity index (χ3v) is 5.05. The minimum atomic E-state index is -4.46. The summed E-state index contributed by atoms with van der Waals surface area (Å²) in [5.74, 6) is -0.813. The van der Waals surface area contributed by atoms with E-state index in [1.807, 2.05) is 36.4 Å². The third-order valence-electron chi connectivity index (χ3n) is 5.05. The molecule has 1 heterocycles. The Bertz CT molecular complexity index is 1010. The molecule has 0 saturated heterocycles. The summed E-state index contributed by atoms with van der Waals surface area (Å²) >= 11 is 0. The lowest BCUT2D eigenvalue weighted by atomic mass is 9.79. The number of halogens is 3. The van der Waals surface area contributed by atoms with E-state index in [4.69, 9.17) is 0 Å². The molecule has 1 aliphatic rings. The van der Waals surface area contributed by atoms with E-state index >= 15 is 0 Å². The number of nitrogens with zero attached hydrogens (tertiary/aromatic N) is 1. The van der Waals surface area contributed by atoms with E-state index < -0.39 is 17.7 Å². The summed E-state index contributed by atoms with van der Waals surface area (Å²) in [6.07, 6.45) is -4.45. The van der Waals surface area contributed by atoms with Crippen LogP contribution < -0.4 is 4.90 Å². The maximum absolute atomic E-state index is 13.6. The number of benzene rings is 3. The quantitative estimate of drug-likeness (QED) is 0.576. The van der Waals surface area contributed by atoms with E-state index in [1.165, 1.54) is 17.0 Å². The summed E-state index contributed by atoms with van der Waals surface area (Å²) < 4.78 is 40.7. The SMILES string of the molecule is CN1C(=O)CC(c2ccccc2C(F)(F)F)c2c1ccc1ccccc21. The van der Waals surface area contributed by atoms with Crippen molar-refractivity contribution >= 4 is 22.4 Å². The fraction of sp³-hybridized carbons (Fsp3) is 0.190. The number of anilines is 1. The second kappa shape index (κ2) is 5.87. The minimum absolute atomic E-state index is 0.0185. The van der Waals surface area contributed by atoms with Gasteiger partial charge in [-0.05, 0) is 34.0 Å². The first-order valence-corrected chi connectivity index (χ1v) is 8.32. The number of carbonyl (C=O) groups is 1. The van der Waals surface area contributed by atoms with Crippen molar-refractivity contribution < 1.29 is 18.0 Å². The Labute approximate surface area is 148 Å². The van der Waals surface area contributed by atoms with Crippen molar-refractivity contribution in [3.63, 3.8) is 0 Å². The fourth-order valence-corrected chi connectivity index (χ4v) is 3.82. The Hall–Kier alpha value is -2.82. The lowest BCUT2D eigenvalue weighted by Gasteiger charge is -2.34. The van der Waals surface area contributed by atoms with Crippen LogP contribution in [0, 0.1) is 0 Å². The molecule has 4 rings (SSSR count). The highest BCUT2D eigenvalue weighted by molar-refractivity contribution is 6.02. The fourth-order valence-electron chi connectivity index (χ4n) is 3.82. The molecule has 2 nitrogen and oxygen atoms in total. The highest BCUT2D eigenvalue weighted by atomic mass is 19.4. The number of hydrogen-bond acceptors (Lipinski definition) is 1. The first-order chi connectivity index (χ1) is 12.4. The zero-order valence-corrected chi connectivity index (χ0v) is 14.0. The van der Waals surface area contributed by atoms with E-state index in [0.29, 0.717) is 5.69 Å². The molecule has 1 aliphatic heterocycles. The van der Waals surface area contributed by atoms with E-state index in [2.05, 4.69) is 0 Å². The zero-order valence-electron chi connectivity index (χ0n) is 14.0.